The predicted octanol–water partition coefficient (Wildman–Crippen LogP) is 6.13. The van der Waals surface area contributed by atoms with Crippen LogP contribution in [0.25, 0.3) is 45.0 Å². The molecule has 6 aromatic rings. The van der Waals surface area contributed by atoms with Crippen LogP contribution >= 0.6 is 11.6 Å². The second kappa shape index (κ2) is 17.1. The zero-order chi connectivity index (χ0) is 32.8. The zero-order valence-electron chi connectivity index (χ0n) is 25.4. The maximum Gasteiger partial charge on any atom is 0.141 e. The van der Waals surface area contributed by atoms with Gasteiger partial charge in [0.25, 0.3) is 0 Å². The Balaban J connectivity index is 0.000000185. The summed E-state index contributed by atoms with van der Waals surface area (Å²) in [4.78, 5) is 8.06. The van der Waals surface area contributed by atoms with Crippen molar-refractivity contribution in [3.8, 4) is 45.0 Å². The number of hydrogen-bond donors (Lipinski definition) is 0. The molecule has 2 aromatic carbocycles. The van der Waals surface area contributed by atoms with E-state index in [4.69, 9.17) is 25.8 Å². The van der Waals surface area contributed by atoms with Crippen LogP contribution < -0.4 is 0 Å². The Labute approximate surface area is 274 Å². The van der Waals surface area contributed by atoms with Gasteiger partial charge in [-0.05, 0) is 72.8 Å². The summed E-state index contributed by atoms with van der Waals surface area (Å²) in [5.74, 6) is -0.180. The van der Waals surface area contributed by atoms with Crippen molar-refractivity contribution >= 4 is 11.6 Å². The Kier molecular flexibility index (Phi) is 12.2. The quantitative estimate of drug-likeness (QED) is 0.107. The summed E-state index contributed by atoms with van der Waals surface area (Å²) in [7, 11) is 1.62. The summed E-state index contributed by atoms with van der Waals surface area (Å²) in [6.45, 7) is 1.86. The van der Waals surface area contributed by atoms with Crippen LogP contribution in [0.2, 0.25) is 0 Å². The number of ether oxygens (including phenoxy) is 3. The Morgan fingerprint density at radius 1 is 0.574 bits per heavy atom. The first-order valence-electron chi connectivity index (χ1n) is 14.5. The molecule has 0 aliphatic heterocycles. The summed E-state index contributed by atoms with van der Waals surface area (Å²) >= 11 is 5.63. The molecule has 0 amide bonds. The van der Waals surface area contributed by atoms with E-state index in [0.29, 0.717) is 37.1 Å². The average molecular weight is 661 g/mol. The largest absolute Gasteiger partial charge is 0.382 e. The lowest BCUT2D eigenvalue weighted by Crippen LogP contribution is -2.09. The van der Waals surface area contributed by atoms with Gasteiger partial charge in [-0.3, -0.25) is 9.97 Å². The molecule has 0 unspecified atom stereocenters. The molecule has 14 heteroatoms. The van der Waals surface area contributed by atoms with Crippen LogP contribution in [0.4, 0.5) is 8.78 Å². The fourth-order valence-corrected chi connectivity index (χ4v) is 4.61. The molecule has 0 saturated carbocycles. The van der Waals surface area contributed by atoms with Gasteiger partial charge in [-0.25, -0.2) is 18.1 Å². The molecular formula is C33H31ClF2N8O3. The molecular weight excluding hydrogens is 630 g/mol. The first-order chi connectivity index (χ1) is 23.1. The molecule has 11 nitrogen and oxygen atoms in total. The van der Waals surface area contributed by atoms with Crippen molar-refractivity contribution in [2.75, 3.05) is 32.8 Å². The second-order valence-electron chi connectivity index (χ2n) is 9.81. The standard InChI is InChI=1S/C17H17FN4O2.C16H14ClFN4O/c1-23-10-11-24-12-22-17(14-6-8-19-9-7-14)16(20-21-22)13-2-4-15(18)5-3-13;17-7-10-23-11-22-16(13-5-8-19-9-6-13)15(20-21-22)12-1-3-14(18)4-2-12/h2-9H,10-12H2,1H3;1-6,8-9H,7,10-11H2. The molecule has 4 aromatic heterocycles. The highest BCUT2D eigenvalue weighted by molar-refractivity contribution is 6.17. The Hall–Kier alpha value is -4.95. The van der Waals surface area contributed by atoms with E-state index in [9.17, 15) is 8.78 Å². The summed E-state index contributed by atoms with van der Waals surface area (Å²) in [5.41, 5.74) is 6.27. The Bertz CT molecular complexity index is 1810. The number of pyridine rings is 2. The van der Waals surface area contributed by atoms with E-state index >= 15 is 0 Å². The highest BCUT2D eigenvalue weighted by Crippen LogP contribution is 2.31. The molecule has 0 aliphatic rings. The van der Waals surface area contributed by atoms with Crippen molar-refractivity contribution in [3.63, 3.8) is 0 Å². The predicted molar refractivity (Wildman–Crippen MR) is 172 cm³/mol. The fraction of sp³-hybridized carbons (Fsp3) is 0.212. The van der Waals surface area contributed by atoms with Crippen LogP contribution in [-0.2, 0) is 27.7 Å². The number of nitrogens with zero attached hydrogens (tertiary/aromatic N) is 8. The third-order valence-corrected chi connectivity index (χ3v) is 6.85. The normalized spacial score (nSPS) is 10.9. The minimum Gasteiger partial charge on any atom is -0.382 e. The lowest BCUT2D eigenvalue weighted by molar-refractivity contribution is 0.0288. The first-order valence-corrected chi connectivity index (χ1v) is 15.0. The number of halogens is 3. The van der Waals surface area contributed by atoms with Crippen LogP contribution in [0.15, 0.2) is 97.6 Å². The van der Waals surface area contributed by atoms with Crippen molar-refractivity contribution in [3.05, 3.63) is 109 Å². The lowest BCUT2D eigenvalue weighted by Gasteiger charge is -2.09. The molecule has 0 bridgehead atoms. The maximum atomic E-state index is 13.2. The summed E-state index contributed by atoms with van der Waals surface area (Å²) in [5, 5.41) is 16.8. The van der Waals surface area contributed by atoms with Gasteiger partial charge in [0.1, 0.15) is 36.5 Å². The molecule has 0 atom stereocenters. The molecule has 242 valence electrons. The van der Waals surface area contributed by atoms with Crippen LogP contribution in [0, 0.1) is 11.6 Å². The Morgan fingerprint density at radius 3 is 1.40 bits per heavy atom. The number of methoxy groups -OCH3 is 1. The van der Waals surface area contributed by atoms with Crippen molar-refractivity contribution in [2.24, 2.45) is 0 Å². The monoisotopic (exact) mass is 660 g/mol. The number of rotatable bonds is 13. The van der Waals surface area contributed by atoms with Gasteiger partial charge in [-0.1, -0.05) is 10.4 Å². The summed E-state index contributed by atoms with van der Waals surface area (Å²) < 4.78 is 45.6. The topological polar surface area (TPSA) is 115 Å². The molecule has 47 heavy (non-hydrogen) atoms. The highest BCUT2D eigenvalue weighted by atomic mass is 35.5. The van der Waals surface area contributed by atoms with Gasteiger partial charge in [0.15, 0.2) is 0 Å². The molecule has 0 aliphatic carbocycles. The van der Waals surface area contributed by atoms with Crippen LogP contribution in [0.1, 0.15) is 0 Å². The van der Waals surface area contributed by atoms with Crippen molar-refractivity contribution in [1.29, 1.82) is 0 Å². The second-order valence-corrected chi connectivity index (χ2v) is 10.2. The third-order valence-electron chi connectivity index (χ3n) is 6.69. The third kappa shape index (κ3) is 8.86. The molecule has 0 saturated heterocycles. The minimum absolute atomic E-state index is 0.235. The van der Waals surface area contributed by atoms with Crippen molar-refractivity contribution in [1.82, 2.24) is 40.0 Å². The molecule has 0 fully saturated rings. The number of aromatic nitrogens is 8. The lowest BCUT2D eigenvalue weighted by atomic mass is 10.1. The van der Waals surface area contributed by atoms with E-state index in [1.165, 1.54) is 24.3 Å². The molecule has 6 rings (SSSR count). The molecule has 0 spiro atoms. The summed E-state index contributed by atoms with van der Waals surface area (Å²) in [6, 6.07) is 19.8. The van der Waals surface area contributed by atoms with E-state index in [-0.39, 0.29) is 25.1 Å². The van der Waals surface area contributed by atoms with E-state index < -0.39 is 0 Å². The van der Waals surface area contributed by atoms with Crippen LogP contribution in [0.5, 0.6) is 0 Å². The van der Waals surface area contributed by atoms with E-state index in [0.717, 1.165) is 33.6 Å². The molecule has 0 radical (unpaired) electrons. The summed E-state index contributed by atoms with van der Waals surface area (Å²) in [6.07, 6.45) is 6.79. The molecule has 4 heterocycles. The number of alkyl halides is 1. The van der Waals surface area contributed by atoms with Gasteiger partial charge in [0, 0.05) is 60.0 Å². The van der Waals surface area contributed by atoms with Crippen molar-refractivity contribution < 1.29 is 23.0 Å². The van der Waals surface area contributed by atoms with Gasteiger partial charge in [0.05, 0.1) is 31.2 Å². The Morgan fingerprint density at radius 2 is 1.00 bits per heavy atom. The van der Waals surface area contributed by atoms with E-state index in [1.807, 2.05) is 24.3 Å². The van der Waals surface area contributed by atoms with E-state index in [1.54, 1.807) is 65.5 Å². The van der Waals surface area contributed by atoms with Crippen LogP contribution in [0.3, 0.4) is 0 Å². The smallest absolute Gasteiger partial charge is 0.141 e. The number of hydrogen-bond acceptors (Lipinski definition) is 9. The van der Waals surface area contributed by atoms with Gasteiger partial charge in [-0.2, -0.15) is 0 Å². The average Bonchev–Trinajstić information content (AvgIpc) is 3.73. The number of benzene rings is 2. The molecule has 0 N–H and O–H groups in total. The van der Waals surface area contributed by atoms with Crippen molar-refractivity contribution in [2.45, 2.75) is 13.5 Å². The van der Waals surface area contributed by atoms with Gasteiger partial charge >= 0.3 is 0 Å². The first kappa shape index (κ1) is 33.4. The zero-order valence-corrected chi connectivity index (χ0v) is 26.2. The van der Waals surface area contributed by atoms with Gasteiger partial charge < -0.3 is 14.2 Å². The van der Waals surface area contributed by atoms with Crippen LogP contribution in [-0.4, -0.2) is 72.8 Å². The fourth-order valence-electron chi connectivity index (χ4n) is 4.50. The van der Waals surface area contributed by atoms with E-state index in [2.05, 4.69) is 30.6 Å². The minimum atomic E-state index is -0.294. The highest BCUT2D eigenvalue weighted by Gasteiger charge is 2.18. The SMILES string of the molecule is COCCOCn1nnc(-c2ccc(F)cc2)c1-c1ccncc1.Fc1ccc(-c2nnn(COCCCl)c2-c2ccncc2)cc1. The van der Waals surface area contributed by atoms with Gasteiger partial charge in [-0.15, -0.1) is 21.8 Å². The maximum absolute atomic E-state index is 13.2. The van der Waals surface area contributed by atoms with Gasteiger partial charge in [0.2, 0.25) is 0 Å².